The number of ether oxygens (including phenoxy) is 1. The zero-order chi connectivity index (χ0) is 9.97. The molecule has 1 saturated heterocycles. The fraction of sp³-hybridized carbons (Fsp3) is 0.909. The number of piperidine rings is 1. The molecule has 14 heavy (non-hydrogen) atoms. The van der Waals surface area contributed by atoms with E-state index in [1.807, 2.05) is 0 Å². The fourth-order valence-corrected chi connectivity index (χ4v) is 2.93. The third-order valence-corrected chi connectivity index (χ3v) is 3.58. The molecule has 3 heteroatoms. The molecule has 2 N–H and O–H groups in total. The van der Waals surface area contributed by atoms with Gasteiger partial charge in [-0.05, 0) is 25.7 Å². The van der Waals surface area contributed by atoms with Crippen molar-refractivity contribution in [1.29, 1.82) is 0 Å². The highest BCUT2D eigenvalue weighted by molar-refractivity contribution is 5.66. The largest absolute Gasteiger partial charge is 0.462 e. The Bertz CT molecular complexity index is 217. The number of carbonyl (C=O) groups excluding carboxylic acids is 1. The quantitative estimate of drug-likeness (QED) is 0.621. The predicted molar refractivity (Wildman–Crippen MR) is 52.7 cm³/mol. The molecule has 2 aliphatic rings. The van der Waals surface area contributed by atoms with E-state index >= 15 is 0 Å². The highest BCUT2D eigenvalue weighted by atomic mass is 16.5. The van der Waals surface area contributed by atoms with Crippen LogP contribution in [-0.4, -0.2) is 24.7 Å². The lowest BCUT2D eigenvalue weighted by molar-refractivity contribution is -0.707. The van der Waals surface area contributed by atoms with Crippen molar-refractivity contribution in [2.24, 2.45) is 5.92 Å². The predicted octanol–water partition coefficient (Wildman–Crippen LogP) is 0.444. The average Bonchev–Trinajstić information content (AvgIpc) is 2.17. The van der Waals surface area contributed by atoms with Crippen LogP contribution in [0.1, 0.15) is 39.0 Å². The van der Waals surface area contributed by atoms with Gasteiger partial charge in [0.25, 0.3) is 0 Å². The molecule has 0 spiro atoms. The Morgan fingerprint density at radius 1 is 1.36 bits per heavy atom. The van der Waals surface area contributed by atoms with Crippen LogP contribution in [0.2, 0.25) is 0 Å². The summed E-state index contributed by atoms with van der Waals surface area (Å²) >= 11 is 0. The first kappa shape index (κ1) is 9.97. The molecule has 0 aromatic heterocycles. The van der Waals surface area contributed by atoms with Crippen LogP contribution in [0.4, 0.5) is 0 Å². The van der Waals surface area contributed by atoms with Gasteiger partial charge in [-0.3, -0.25) is 4.79 Å². The molecule has 3 nitrogen and oxygen atoms in total. The Hall–Kier alpha value is -0.570. The van der Waals surface area contributed by atoms with Gasteiger partial charge in [0.05, 0.1) is 12.6 Å². The van der Waals surface area contributed by atoms with Crippen molar-refractivity contribution in [3.8, 4) is 0 Å². The molecular weight excluding hydrogens is 178 g/mol. The third kappa shape index (κ3) is 2.27. The second kappa shape index (κ2) is 4.30. The molecule has 1 aliphatic heterocycles. The van der Waals surface area contributed by atoms with E-state index in [4.69, 9.17) is 4.74 Å². The van der Waals surface area contributed by atoms with E-state index in [0.29, 0.717) is 0 Å². The number of fused-ring (bicyclic) bond motifs is 1. The normalized spacial score (nSPS) is 37.4. The summed E-state index contributed by atoms with van der Waals surface area (Å²) in [5.41, 5.74) is 0. The van der Waals surface area contributed by atoms with E-state index in [1.165, 1.54) is 32.7 Å². The molecular formula is C11H20NO2+. The minimum absolute atomic E-state index is 0.121. The van der Waals surface area contributed by atoms with Crippen molar-refractivity contribution in [3.63, 3.8) is 0 Å². The third-order valence-electron chi connectivity index (χ3n) is 3.58. The van der Waals surface area contributed by atoms with Crippen LogP contribution < -0.4 is 5.32 Å². The molecule has 1 aliphatic carbocycles. The maximum Gasteiger partial charge on any atom is 0.302 e. The summed E-state index contributed by atoms with van der Waals surface area (Å²) in [4.78, 5) is 10.8. The number of hydrogen-bond acceptors (Lipinski definition) is 2. The van der Waals surface area contributed by atoms with Gasteiger partial charge in [-0.2, -0.15) is 0 Å². The average molecular weight is 198 g/mol. The van der Waals surface area contributed by atoms with Gasteiger partial charge in [0, 0.05) is 19.3 Å². The molecule has 0 radical (unpaired) electrons. The minimum atomic E-state index is -0.121. The van der Waals surface area contributed by atoms with Crippen LogP contribution >= 0.6 is 0 Å². The molecule has 3 atom stereocenters. The molecule has 0 amide bonds. The summed E-state index contributed by atoms with van der Waals surface area (Å²) in [7, 11) is 0. The molecule has 0 unspecified atom stereocenters. The van der Waals surface area contributed by atoms with Crippen molar-refractivity contribution in [1.82, 2.24) is 0 Å². The summed E-state index contributed by atoms with van der Waals surface area (Å²) in [6, 6.07) is 0.724. The van der Waals surface area contributed by atoms with E-state index < -0.39 is 0 Å². The molecule has 0 bridgehead atoms. The van der Waals surface area contributed by atoms with Gasteiger partial charge in [-0.15, -0.1) is 0 Å². The van der Waals surface area contributed by atoms with E-state index in [9.17, 15) is 4.79 Å². The Kier molecular flexibility index (Phi) is 3.06. The fourth-order valence-electron chi connectivity index (χ4n) is 2.93. The monoisotopic (exact) mass is 198 g/mol. The van der Waals surface area contributed by atoms with E-state index in [2.05, 4.69) is 5.32 Å². The van der Waals surface area contributed by atoms with Gasteiger partial charge in [-0.25, -0.2) is 0 Å². The SMILES string of the molecule is CC(=O)O[C@H]1CC[C@@H]2CCC[NH2+][C@@H]2C1. The summed E-state index contributed by atoms with van der Waals surface area (Å²) in [5, 5.41) is 2.45. The second-order valence-corrected chi connectivity index (χ2v) is 4.64. The van der Waals surface area contributed by atoms with E-state index in [0.717, 1.165) is 24.8 Å². The van der Waals surface area contributed by atoms with Crippen molar-refractivity contribution < 1.29 is 14.8 Å². The first-order valence-electron chi connectivity index (χ1n) is 5.76. The zero-order valence-electron chi connectivity index (χ0n) is 8.87. The lowest BCUT2D eigenvalue weighted by Gasteiger charge is -2.36. The van der Waals surface area contributed by atoms with Gasteiger partial charge < -0.3 is 10.1 Å². The lowest BCUT2D eigenvalue weighted by Crippen LogP contribution is -2.93. The first-order valence-corrected chi connectivity index (χ1v) is 5.76. The number of carbonyl (C=O) groups is 1. The molecule has 2 fully saturated rings. The molecule has 0 aromatic carbocycles. The van der Waals surface area contributed by atoms with Crippen molar-refractivity contribution in [2.45, 2.75) is 51.2 Å². The zero-order valence-corrected chi connectivity index (χ0v) is 8.87. The summed E-state index contributed by atoms with van der Waals surface area (Å²) in [6.07, 6.45) is 6.34. The van der Waals surface area contributed by atoms with Crippen molar-refractivity contribution in [3.05, 3.63) is 0 Å². The van der Waals surface area contributed by atoms with Crippen LogP contribution in [0.15, 0.2) is 0 Å². The lowest BCUT2D eigenvalue weighted by atomic mass is 9.78. The molecule has 0 aromatic rings. The Morgan fingerprint density at radius 2 is 2.21 bits per heavy atom. The number of hydrogen-bond donors (Lipinski definition) is 1. The van der Waals surface area contributed by atoms with Crippen LogP contribution in [0.5, 0.6) is 0 Å². The van der Waals surface area contributed by atoms with Gasteiger partial charge in [0.15, 0.2) is 0 Å². The maximum atomic E-state index is 10.8. The van der Waals surface area contributed by atoms with Crippen molar-refractivity contribution >= 4 is 5.97 Å². The number of esters is 1. The number of rotatable bonds is 1. The van der Waals surface area contributed by atoms with Gasteiger partial charge in [0.1, 0.15) is 6.10 Å². The molecule has 2 rings (SSSR count). The highest BCUT2D eigenvalue weighted by Crippen LogP contribution is 2.29. The van der Waals surface area contributed by atoms with Crippen LogP contribution in [0.25, 0.3) is 0 Å². The first-order chi connectivity index (χ1) is 6.75. The van der Waals surface area contributed by atoms with E-state index in [1.54, 1.807) is 0 Å². The van der Waals surface area contributed by atoms with Crippen LogP contribution in [0.3, 0.4) is 0 Å². The number of quaternary nitrogens is 1. The minimum Gasteiger partial charge on any atom is -0.462 e. The van der Waals surface area contributed by atoms with Gasteiger partial charge in [-0.1, -0.05) is 0 Å². The number of nitrogens with two attached hydrogens (primary N) is 1. The van der Waals surface area contributed by atoms with Crippen LogP contribution in [-0.2, 0) is 9.53 Å². The molecule has 1 heterocycles. The van der Waals surface area contributed by atoms with Gasteiger partial charge in [0.2, 0.25) is 0 Å². The summed E-state index contributed by atoms with van der Waals surface area (Å²) in [5.74, 6) is 0.764. The topological polar surface area (TPSA) is 42.9 Å². The van der Waals surface area contributed by atoms with E-state index in [-0.39, 0.29) is 12.1 Å². The van der Waals surface area contributed by atoms with Gasteiger partial charge >= 0.3 is 5.97 Å². The molecule has 80 valence electrons. The maximum absolute atomic E-state index is 10.8. The summed E-state index contributed by atoms with van der Waals surface area (Å²) < 4.78 is 5.28. The highest BCUT2D eigenvalue weighted by Gasteiger charge is 2.35. The molecule has 1 saturated carbocycles. The Morgan fingerprint density at radius 3 is 3.00 bits per heavy atom. The van der Waals surface area contributed by atoms with Crippen LogP contribution in [0, 0.1) is 5.92 Å². The Balaban J connectivity index is 1.86. The smallest absolute Gasteiger partial charge is 0.302 e. The standard InChI is InChI=1S/C11H19NO2/c1-8(13)14-10-5-4-9-3-2-6-12-11(9)7-10/h9-12H,2-7H2,1H3/p+1/t9-,10-,11+/m0/s1. The second-order valence-electron chi connectivity index (χ2n) is 4.64. The Labute approximate surface area is 85.2 Å². The van der Waals surface area contributed by atoms with Crippen molar-refractivity contribution in [2.75, 3.05) is 6.54 Å². The summed E-state index contributed by atoms with van der Waals surface area (Å²) in [6.45, 7) is 2.77.